The maximum Gasteiger partial charge on any atom is 0.416 e. The van der Waals surface area contributed by atoms with E-state index < -0.39 is 30.0 Å². The lowest BCUT2D eigenvalue weighted by Gasteiger charge is -2.33. The number of hydrogen-bond donors (Lipinski definition) is 1. The highest BCUT2D eigenvalue weighted by atomic mass is 35.5. The maximum atomic E-state index is 12.8. The number of fused-ring (bicyclic) bond motifs is 1. The van der Waals surface area contributed by atoms with E-state index in [1.54, 1.807) is 17.0 Å². The third kappa shape index (κ3) is 9.02. The van der Waals surface area contributed by atoms with E-state index in [1.165, 1.54) is 35.6 Å². The summed E-state index contributed by atoms with van der Waals surface area (Å²) in [5, 5.41) is 3.49. The monoisotopic (exact) mass is 697 g/mol. The number of ether oxygens (including phenoxy) is 2. The summed E-state index contributed by atoms with van der Waals surface area (Å²) in [5.41, 5.74) is 0.760. The van der Waals surface area contributed by atoms with Gasteiger partial charge in [-0.05, 0) is 62.6 Å². The normalized spacial score (nSPS) is 16.8. The van der Waals surface area contributed by atoms with Gasteiger partial charge in [0.05, 0.1) is 10.6 Å². The van der Waals surface area contributed by atoms with Crippen LogP contribution < -0.4 is 15.0 Å². The predicted octanol–water partition coefficient (Wildman–Crippen LogP) is 6.00. The number of likely N-dealkylation sites (N-methyl/N-ethyl adjacent to an activating group) is 1. The molecule has 1 saturated heterocycles. The highest BCUT2D eigenvalue weighted by molar-refractivity contribution is 6.30. The third-order valence-corrected chi connectivity index (χ3v) is 8.06. The molecule has 0 spiro atoms. The number of alkyl halides is 3. The molecule has 4 aromatic rings. The van der Waals surface area contributed by atoms with E-state index in [-0.39, 0.29) is 11.8 Å². The fraction of sp³-hybridized carbons (Fsp3) is 0.324. The zero-order chi connectivity index (χ0) is 35.0. The molecule has 11 nitrogen and oxygen atoms in total. The summed E-state index contributed by atoms with van der Waals surface area (Å²) in [4.78, 5) is 43.0. The number of rotatable bonds is 8. The molecule has 258 valence electrons. The number of carbonyl (C=O) groups is 2. The van der Waals surface area contributed by atoms with Gasteiger partial charge in [-0.15, -0.1) is 0 Å². The highest BCUT2D eigenvalue weighted by Gasteiger charge is 2.44. The number of aromatic nitrogens is 3. The van der Waals surface area contributed by atoms with Gasteiger partial charge in [0.1, 0.15) is 23.4 Å². The molecular weight excluding hydrogens is 663 g/mol. The van der Waals surface area contributed by atoms with Crippen LogP contribution in [-0.4, -0.2) is 83.6 Å². The van der Waals surface area contributed by atoms with Crippen molar-refractivity contribution in [2.45, 2.75) is 24.9 Å². The number of anilines is 1. The minimum absolute atomic E-state index is 0.144. The molecular formula is C34H35ClF3N7O4. The molecule has 1 fully saturated rings. The van der Waals surface area contributed by atoms with Crippen molar-refractivity contribution in [1.29, 1.82) is 0 Å². The van der Waals surface area contributed by atoms with Gasteiger partial charge in [-0.1, -0.05) is 41.9 Å². The van der Waals surface area contributed by atoms with Crippen LogP contribution >= 0.6 is 11.6 Å². The topological polar surface area (TPSA) is 113 Å². The number of piperazine rings is 1. The van der Waals surface area contributed by atoms with Crippen LogP contribution in [0.25, 0.3) is 0 Å². The number of nitrogens with zero attached hydrogens (tertiary/aromatic N) is 6. The third-order valence-electron chi connectivity index (χ3n) is 7.84. The lowest BCUT2D eigenvalue weighted by atomic mass is 10.1. The molecule has 2 aromatic carbocycles. The van der Waals surface area contributed by atoms with E-state index in [9.17, 15) is 22.8 Å². The van der Waals surface area contributed by atoms with Crippen LogP contribution in [0.1, 0.15) is 46.1 Å². The fourth-order valence-electron chi connectivity index (χ4n) is 5.16. The molecule has 1 unspecified atom stereocenters. The Morgan fingerprint density at radius 1 is 0.980 bits per heavy atom. The van der Waals surface area contributed by atoms with Crippen molar-refractivity contribution in [3.63, 3.8) is 0 Å². The van der Waals surface area contributed by atoms with E-state index in [0.717, 1.165) is 43.8 Å². The molecule has 1 N–H and O–H groups in total. The largest absolute Gasteiger partial charge is 0.486 e. The number of pyridine rings is 1. The summed E-state index contributed by atoms with van der Waals surface area (Å²) in [6.07, 6.45) is -1.03. The number of amides is 2. The van der Waals surface area contributed by atoms with E-state index in [4.69, 9.17) is 21.1 Å². The van der Waals surface area contributed by atoms with E-state index in [0.29, 0.717) is 35.4 Å². The van der Waals surface area contributed by atoms with Crippen molar-refractivity contribution < 1.29 is 32.2 Å². The Morgan fingerprint density at radius 3 is 2.31 bits per heavy atom. The summed E-state index contributed by atoms with van der Waals surface area (Å²) in [5.74, 6) is 0.308. The highest BCUT2D eigenvalue weighted by Crippen LogP contribution is 2.36. The van der Waals surface area contributed by atoms with Crippen molar-refractivity contribution in [1.82, 2.24) is 30.1 Å². The Kier molecular flexibility index (Phi) is 11.6. The van der Waals surface area contributed by atoms with Gasteiger partial charge < -0.3 is 24.6 Å². The summed E-state index contributed by atoms with van der Waals surface area (Å²) < 4.78 is 49.2. The summed E-state index contributed by atoms with van der Waals surface area (Å²) in [7, 11) is 3.85. The van der Waals surface area contributed by atoms with E-state index in [1.807, 2.05) is 44.4 Å². The van der Waals surface area contributed by atoms with E-state index >= 15 is 0 Å². The van der Waals surface area contributed by atoms with Gasteiger partial charge in [0.25, 0.3) is 5.91 Å². The van der Waals surface area contributed by atoms with Crippen molar-refractivity contribution >= 4 is 29.4 Å². The van der Waals surface area contributed by atoms with Crippen LogP contribution in [0, 0.1) is 0 Å². The Balaban J connectivity index is 0.000000196. The zero-order valence-corrected chi connectivity index (χ0v) is 27.6. The number of carbonyl (C=O) groups excluding carboxylic acids is 2. The molecule has 15 heteroatoms. The lowest BCUT2D eigenvalue weighted by Crippen LogP contribution is -2.48. The summed E-state index contributed by atoms with van der Waals surface area (Å²) in [6, 6.07) is 17.6. The van der Waals surface area contributed by atoms with Crippen LogP contribution in [0.15, 0.2) is 85.3 Å². The minimum atomic E-state index is -4.33. The fourth-order valence-corrected chi connectivity index (χ4v) is 5.27. The molecule has 4 heterocycles. The average molecular weight is 698 g/mol. The second-order valence-electron chi connectivity index (χ2n) is 11.3. The summed E-state index contributed by atoms with van der Waals surface area (Å²) in [6.45, 7) is 3.39. The van der Waals surface area contributed by atoms with Crippen LogP contribution in [-0.2, 0) is 10.9 Å². The second-order valence-corrected chi connectivity index (χ2v) is 11.7. The van der Waals surface area contributed by atoms with E-state index in [2.05, 4.69) is 25.2 Å². The first kappa shape index (κ1) is 35.5. The smallest absolute Gasteiger partial charge is 0.416 e. The van der Waals surface area contributed by atoms with Gasteiger partial charge in [0.15, 0.2) is 5.69 Å². The number of halogens is 4. The first-order valence-electron chi connectivity index (χ1n) is 15.5. The molecule has 2 atom stereocenters. The van der Waals surface area contributed by atoms with Gasteiger partial charge in [0, 0.05) is 51.2 Å². The molecule has 0 radical (unpaired) electrons. The first-order chi connectivity index (χ1) is 23.5. The predicted molar refractivity (Wildman–Crippen MR) is 176 cm³/mol. The molecule has 6 rings (SSSR count). The Labute approximate surface area is 286 Å². The van der Waals surface area contributed by atoms with Crippen molar-refractivity contribution in [2.24, 2.45) is 0 Å². The number of hydrogen-bond acceptors (Lipinski definition) is 9. The van der Waals surface area contributed by atoms with Crippen LogP contribution in [0.4, 0.5) is 23.8 Å². The average Bonchev–Trinajstić information content (AvgIpc) is 3.38. The van der Waals surface area contributed by atoms with Gasteiger partial charge in [-0.25, -0.2) is 19.7 Å². The van der Waals surface area contributed by atoms with Crippen molar-refractivity contribution in [3.05, 3.63) is 113 Å². The maximum absolute atomic E-state index is 12.8. The molecule has 2 aliphatic heterocycles. The van der Waals surface area contributed by atoms with Crippen molar-refractivity contribution in [3.8, 4) is 5.75 Å². The Bertz CT molecular complexity index is 1690. The number of nitrogens with one attached hydrogen (secondary N) is 1. The Morgan fingerprint density at radius 2 is 1.67 bits per heavy atom. The van der Waals surface area contributed by atoms with Crippen LogP contribution in [0.2, 0.25) is 5.02 Å². The molecule has 2 aromatic heterocycles. The molecule has 2 aliphatic rings. The number of benzene rings is 2. The molecule has 0 bridgehead atoms. The minimum Gasteiger partial charge on any atom is -0.486 e. The van der Waals surface area contributed by atoms with Crippen LogP contribution in [0.3, 0.4) is 0 Å². The van der Waals surface area contributed by atoms with Gasteiger partial charge in [-0.3, -0.25) is 9.78 Å². The first-order valence-corrected chi connectivity index (χ1v) is 15.9. The molecule has 2 amide bonds. The standard InChI is InChI=1S/C17H17ClN6O3.C17H18F3NO/c1-22-6-8-23(9-7-22)17(26)27-16-14-13(19-4-5-20-14)15(25)24(16)12-3-2-11(18)10-21-12;1-21-12-11-16(13-5-3-2-4-6-13)22-15-9-7-14(8-10-15)17(18,19)20/h2-5,10,16H,6-9H2,1H3;2-10,16,21H,11-12H2,1H3/t16-;/m0./s1. The zero-order valence-electron chi connectivity index (χ0n) is 26.8. The van der Waals surface area contributed by atoms with Crippen LogP contribution in [0.5, 0.6) is 5.75 Å². The quantitative estimate of drug-likeness (QED) is 0.237. The second kappa shape index (κ2) is 16.1. The van der Waals surface area contributed by atoms with Crippen molar-refractivity contribution in [2.75, 3.05) is 51.7 Å². The Hall–Kier alpha value is -4.79. The van der Waals surface area contributed by atoms with Gasteiger partial charge in [0.2, 0.25) is 6.23 Å². The SMILES string of the molecule is CN1CCN(C(=O)O[C@H]2c3nccnc3C(=O)N2c2ccc(Cl)cn2)CC1.CNCCC(Oc1ccc(C(F)(F)F)cc1)c1ccccc1. The van der Waals surface area contributed by atoms with Gasteiger partial charge >= 0.3 is 12.3 Å². The molecule has 0 saturated carbocycles. The lowest BCUT2D eigenvalue weighted by molar-refractivity contribution is -0.137. The molecule has 49 heavy (non-hydrogen) atoms. The van der Waals surface area contributed by atoms with Gasteiger partial charge in [-0.2, -0.15) is 13.2 Å². The summed E-state index contributed by atoms with van der Waals surface area (Å²) >= 11 is 5.89. The molecule has 0 aliphatic carbocycles.